The maximum Gasteiger partial charge on any atom is 0.182 e. The lowest BCUT2D eigenvalue weighted by Crippen LogP contribution is -2.32. The molecule has 0 fully saturated rings. The second kappa shape index (κ2) is 12.5. The molecule has 0 bridgehead atoms. The van der Waals surface area contributed by atoms with Crippen LogP contribution in [-0.2, 0) is 11.3 Å². The minimum atomic E-state index is -0.237. The van der Waals surface area contributed by atoms with E-state index in [1.165, 1.54) is 16.7 Å². The number of hydrogen-bond donors (Lipinski definition) is 1. The van der Waals surface area contributed by atoms with Gasteiger partial charge in [0.15, 0.2) is 5.88 Å². The molecule has 0 saturated heterocycles. The Hall–Kier alpha value is -3.40. The molecule has 0 saturated carbocycles. The molecule has 4 nitrogen and oxygen atoms in total. The van der Waals surface area contributed by atoms with Crippen molar-refractivity contribution < 1.29 is 14.6 Å². The van der Waals surface area contributed by atoms with Gasteiger partial charge < -0.3 is 19.5 Å². The molecule has 1 unspecified atom stereocenters. The number of aliphatic hydroxyl groups excluding tert-OH is 1. The molecule has 1 aliphatic heterocycles. The Labute approximate surface area is 217 Å². The summed E-state index contributed by atoms with van der Waals surface area (Å²) in [6.45, 7) is 18.6. The summed E-state index contributed by atoms with van der Waals surface area (Å²) in [6, 6.07) is 16.9. The van der Waals surface area contributed by atoms with E-state index in [0.29, 0.717) is 12.5 Å². The average molecular weight is 488 g/mol. The molecule has 36 heavy (non-hydrogen) atoms. The first-order valence-electron chi connectivity index (χ1n) is 12.7. The molecule has 0 aliphatic carbocycles. The summed E-state index contributed by atoms with van der Waals surface area (Å²) in [6.07, 6.45) is 7.81. The summed E-state index contributed by atoms with van der Waals surface area (Å²) >= 11 is 0. The van der Waals surface area contributed by atoms with E-state index in [-0.39, 0.29) is 5.60 Å². The molecule has 2 aromatic rings. The zero-order chi connectivity index (χ0) is 26.1. The summed E-state index contributed by atoms with van der Waals surface area (Å²) in [4.78, 5) is 2.19. The van der Waals surface area contributed by atoms with Crippen LogP contribution < -0.4 is 4.74 Å². The first-order valence-corrected chi connectivity index (χ1v) is 12.7. The first kappa shape index (κ1) is 27.2. The van der Waals surface area contributed by atoms with Gasteiger partial charge in [-0.1, -0.05) is 42.0 Å². The molecular weight excluding hydrogens is 446 g/mol. The number of rotatable bonds is 11. The fourth-order valence-corrected chi connectivity index (χ4v) is 4.42. The Morgan fingerprint density at radius 2 is 1.89 bits per heavy atom. The third kappa shape index (κ3) is 8.37. The van der Waals surface area contributed by atoms with Gasteiger partial charge in [-0.05, 0) is 106 Å². The zero-order valence-corrected chi connectivity index (χ0v) is 22.3. The van der Waals surface area contributed by atoms with Crippen LogP contribution in [0.4, 0.5) is 0 Å². The third-order valence-corrected chi connectivity index (χ3v) is 6.16. The van der Waals surface area contributed by atoms with Crippen molar-refractivity contribution in [2.24, 2.45) is 0 Å². The van der Waals surface area contributed by atoms with Gasteiger partial charge in [0, 0.05) is 13.1 Å². The van der Waals surface area contributed by atoms with Crippen LogP contribution >= 0.6 is 0 Å². The second-order valence-electron chi connectivity index (χ2n) is 10.6. The van der Waals surface area contributed by atoms with Gasteiger partial charge in [0.1, 0.15) is 18.0 Å². The van der Waals surface area contributed by atoms with Gasteiger partial charge >= 0.3 is 0 Å². The molecule has 1 atom stereocenters. The maximum absolute atomic E-state index is 9.05. The van der Waals surface area contributed by atoms with E-state index in [1.807, 2.05) is 39.8 Å². The van der Waals surface area contributed by atoms with Gasteiger partial charge in [0.25, 0.3) is 0 Å². The summed E-state index contributed by atoms with van der Waals surface area (Å²) in [5, 5.41) is 9.05. The highest BCUT2D eigenvalue weighted by atomic mass is 16.5. The minimum absolute atomic E-state index is 0.237. The summed E-state index contributed by atoms with van der Waals surface area (Å²) in [5.41, 5.74) is 5.86. The van der Waals surface area contributed by atoms with E-state index < -0.39 is 0 Å². The number of benzene rings is 2. The van der Waals surface area contributed by atoms with Crippen LogP contribution in [0.1, 0.15) is 69.6 Å². The van der Waals surface area contributed by atoms with Crippen molar-refractivity contribution in [2.75, 3.05) is 13.1 Å². The molecule has 0 amide bonds. The van der Waals surface area contributed by atoms with Gasteiger partial charge in [0.2, 0.25) is 0 Å². The van der Waals surface area contributed by atoms with Crippen LogP contribution in [0.25, 0.3) is 5.57 Å². The van der Waals surface area contributed by atoms with Crippen molar-refractivity contribution in [3.8, 4) is 5.75 Å². The fraction of sp³-hybridized carbons (Fsp3) is 0.375. The molecule has 2 aromatic carbocycles. The largest absolute Gasteiger partial charge is 0.516 e. The van der Waals surface area contributed by atoms with E-state index in [0.717, 1.165) is 61.4 Å². The topological polar surface area (TPSA) is 41.9 Å². The second-order valence-corrected chi connectivity index (χ2v) is 10.6. The summed E-state index contributed by atoms with van der Waals surface area (Å²) in [5.74, 6) is 1.89. The summed E-state index contributed by atoms with van der Waals surface area (Å²) < 4.78 is 12.0. The van der Waals surface area contributed by atoms with Gasteiger partial charge in [0.05, 0.1) is 6.26 Å². The molecule has 192 valence electrons. The van der Waals surface area contributed by atoms with Crippen molar-refractivity contribution in [2.45, 2.75) is 65.1 Å². The van der Waals surface area contributed by atoms with Crippen LogP contribution in [0.2, 0.25) is 0 Å². The highest BCUT2D eigenvalue weighted by Gasteiger charge is 2.20. The first-order chi connectivity index (χ1) is 17.1. The Kier molecular flexibility index (Phi) is 9.46. The van der Waals surface area contributed by atoms with E-state index >= 15 is 0 Å². The van der Waals surface area contributed by atoms with Crippen molar-refractivity contribution in [1.82, 2.24) is 4.90 Å². The van der Waals surface area contributed by atoms with Gasteiger partial charge in [-0.25, -0.2) is 0 Å². The van der Waals surface area contributed by atoms with E-state index in [2.05, 4.69) is 60.5 Å². The number of ether oxygens (including phenoxy) is 2. The molecular formula is C32H41NO3. The van der Waals surface area contributed by atoms with Crippen LogP contribution in [0.15, 0.2) is 91.6 Å². The quantitative estimate of drug-likeness (QED) is 0.256. The normalized spacial score (nSPS) is 14.9. The van der Waals surface area contributed by atoms with Crippen molar-refractivity contribution in [1.29, 1.82) is 0 Å². The van der Waals surface area contributed by atoms with E-state index in [1.54, 1.807) is 6.08 Å². The number of aliphatic hydroxyl groups is 1. The average Bonchev–Trinajstić information content (AvgIpc) is 2.85. The number of nitrogens with zero attached hydrogens (tertiary/aromatic N) is 1. The molecule has 4 heteroatoms. The Bertz CT molecular complexity index is 1090. The standard InChI is InChI=1S/C32H41NO3/c1-24(2)21-29(11-8-20-34)27-12-14-31(15-13-27)35-23-26-9-7-10-30(22-26)28-16-18-33(19-17-28)25(3)36-32(4,5)6/h7-10,12-16,20,22,29,34H,1,3,11,17-19,21,23H2,2,4-6H3/b20-8-. The Morgan fingerprint density at radius 1 is 1.14 bits per heavy atom. The monoisotopic (exact) mass is 487 g/mol. The highest BCUT2D eigenvalue weighted by Crippen LogP contribution is 2.29. The molecule has 3 rings (SSSR count). The smallest absolute Gasteiger partial charge is 0.182 e. The van der Waals surface area contributed by atoms with Crippen LogP contribution in [-0.4, -0.2) is 28.7 Å². The van der Waals surface area contributed by atoms with Gasteiger partial charge in [-0.15, -0.1) is 6.58 Å². The Morgan fingerprint density at radius 3 is 2.50 bits per heavy atom. The SMILES string of the molecule is C=C(C)CC(C/C=C\O)c1ccc(OCc2cccc(C3=CCN(C(=C)OC(C)(C)C)CC3)c2)cc1. The third-order valence-electron chi connectivity index (χ3n) is 6.16. The van der Waals surface area contributed by atoms with Gasteiger partial charge in [-0.2, -0.15) is 0 Å². The number of hydrogen-bond acceptors (Lipinski definition) is 4. The molecule has 1 N–H and O–H groups in total. The lowest BCUT2D eigenvalue weighted by Gasteiger charge is -2.33. The van der Waals surface area contributed by atoms with Gasteiger partial charge in [-0.3, -0.25) is 0 Å². The maximum atomic E-state index is 9.05. The van der Waals surface area contributed by atoms with E-state index in [4.69, 9.17) is 14.6 Å². The van der Waals surface area contributed by atoms with Crippen molar-refractivity contribution in [3.63, 3.8) is 0 Å². The fourth-order valence-electron chi connectivity index (χ4n) is 4.42. The minimum Gasteiger partial charge on any atom is -0.516 e. The molecule has 0 aromatic heterocycles. The van der Waals surface area contributed by atoms with Crippen LogP contribution in [0.5, 0.6) is 5.75 Å². The predicted molar refractivity (Wildman–Crippen MR) is 150 cm³/mol. The molecule has 1 heterocycles. The van der Waals surface area contributed by atoms with Crippen molar-refractivity contribution >= 4 is 5.57 Å². The van der Waals surface area contributed by atoms with Crippen LogP contribution in [0, 0.1) is 0 Å². The zero-order valence-electron chi connectivity index (χ0n) is 22.3. The lowest BCUT2D eigenvalue weighted by molar-refractivity contribution is 0.00562. The lowest BCUT2D eigenvalue weighted by atomic mass is 9.90. The van der Waals surface area contributed by atoms with Crippen molar-refractivity contribution in [3.05, 3.63) is 108 Å². The predicted octanol–water partition coefficient (Wildman–Crippen LogP) is 8.15. The van der Waals surface area contributed by atoms with E-state index in [9.17, 15) is 0 Å². The number of allylic oxidation sites excluding steroid dienone is 2. The highest BCUT2D eigenvalue weighted by molar-refractivity contribution is 5.67. The molecule has 1 aliphatic rings. The molecule has 0 radical (unpaired) electrons. The van der Waals surface area contributed by atoms with Crippen LogP contribution in [0.3, 0.4) is 0 Å². The molecule has 0 spiro atoms. The Balaban J connectivity index is 1.59. The summed E-state index contributed by atoms with van der Waals surface area (Å²) in [7, 11) is 0.